The van der Waals surface area contributed by atoms with E-state index in [1.54, 1.807) is 30.5 Å². The molecule has 1 aliphatic heterocycles. The van der Waals surface area contributed by atoms with Gasteiger partial charge in [0.2, 0.25) is 0 Å². The summed E-state index contributed by atoms with van der Waals surface area (Å²) in [6, 6.07) is 8.34. The molecule has 1 aromatic heterocycles. The third-order valence-corrected chi connectivity index (χ3v) is 4.71. The van der Waals surface area contributed by atoms with Crippen LogP contribution < -0.4 is 15.1 Å². The Hall–Kier alpha value is -3.04. The van der Waals surface area contributed by atoms with Gasteiger partial charge in [0, 0.05) is 6.20 Å². The molecule has 1 amide bonds. The van der Waals surface area contributed by atoms with Gasteiger partial charge in [0.1, 0.15) is 0 Å². The molecule has 26 heavy (non-hydrogen) atoms. The van der Waals surface area contributed by atoms with Crippen molar-refractivity contribution < 1.29 is 24.6 Å². The maximum absolute atomic E-state index is 12.7. The van der Waals surface area contributed by atoms with Crippen molar-refractivity contribution >= 4 is 57.9 Å². The fourth-order valence-electron chi connectivity index (χ4n) is 2.26. The fourth-order valence-corrected chi connectivity index (χ4v) is 3.55. The van der Waals surface area contributed by atoms with Crippen molar-refractivity contribution in [2.45, 2.75) is 0 Å². The number of thioether (sulfide) groups is 1. The number of aromatic carboxylic acids is 2. The number of carboxylic acid groups (broad SMARTS) is 2. The van der Waals surface area contributed by atoms with E-state index in [9.17, 15) is 24.6 Å². The van der Waals surface area contributed by atoms with Gasteiger partial charge in [-0.05, 0) is 47.5 Å². The Morgan fingerprint density at radius 2 is 1.77 bits per heavy atom. The number of carbonyl (C=O) groups is 3. The van der Waals surface area contributed by atoms with Crippen LogP contribution >= 0.6 is 24.0 Å². The number of amides is 1. The molecule has 7 nitrogen and oxygen atoms in total. The van der Waals surface area contributed by atoms with E-state index in [2.05, 4.69) is 4.98 Å². The molecule has 0 bridgehead atoms. The van der Waals surface area contributed by atoms with Crippen LogP contribution in [0, 0.1) is 0 Å². The number of carboxylic acids is 2. The largest absolute Gasteiger partial charge is 0.545 e. The smallest absolute Gasteiger partial charge is 0.270 e. The Balaban J connectivity index is 2.03. The van der Waals surface area contributed by atoms with Crippen LogP contribution in [0.15, 0.2) is 47.5 Å². The Kier molecular flexibility index (Phi) is 4.83. The van der Waals surface area contributed by atoms with Crippen LogP contribution in [0.5, 0.6) is 0 Å². The van der Waals surface area contributed by atoms with Gasteiger partial charge in [0.25, 0.3) is 5.91 Å². The van der Waals surface area contributed by atoms with Gasteiger partial charge in [0.05, 0.1) is 28.2 Å². The van der Waals surface area contributed by atoms with Gasteiger partial charge in [0.15, 0.2) is 4.32 Å². The minimum absolute atomic E-state index is 0.0119. The van der Waals surface area contributed by atoms with E-state index in [-0.39, 0.29) is 14.9 Å². The summed E-state index contributed by atoms with van der Waals surface area (Å²) < 4.78 is 0.136. The lowest BCUT2D eigenvalue weighted by molar-refractivity contribution is -0.255. The average molecular weight is 384 g/mol. The summed E-state index contributed by atoms with van der Waals surface area (Å²) in [5, 5.41) is 22.3. The first-order valence-electron chi connectivity index (χ1n) is 7.13. The van der Waals surface area contributed by atoms with Crippen molar-refractivity contribution in [3.05, 3.63) is 64.3 Å². The molecule has 3 rings (SSSR count). The van der Waals surface area contributed by atoms with E-state index in [4.69, 9.17) is 12.2 Å². The van der Waals surface area contributed by atoms with Crippen LogP contribution in [0.3, 0.4) is 0 Å². The molecular weight excluding hydrogens is 376 g/mol. The fraction of sp³-hybridized carbons (Fsp3) is 0. The van der Waals surface area contributed by atoms with Crippen molar-refractivity contribution in [2.24, 2.45) is 0 Å². The molecule has 130 valence electrons. The van der Waals surface area contributed by atoms with E-state index in [1.807, 2.05) is 0 Å². The molecule has 1 aromatic carbocycles. The number of hydrogen-bond acceptors (Lipinski definition) is 8. The number of aromatic nitrogens is 1. The third kappa shape index (κ3) is 3.48. The van der Waals surface area contributed by atoms with Gasteiger partial charge < -0.3 is 19.8 Å². The summed E-state index contributed by atoms with van der Waals surface area (Å²) >= 11 is 6.19. The summed E-state index contributed by atoms with van der Waals surface area (Å²) in [5.41, 5.74) is -0.237. The molecular formula is C17H8N2O5S2-2. The second-order valence-electron chi connectivity index (χ2n) is 5.12. The lowest BCUT2D eigenvalue weighted by Crippen LogP contribution is -2.30. The minimum Gasteiger partial charge on any atom is -0.545 e. The van der Waals surface area contributed by atoms with Crippen molar-refractivity contribution in [3.63, 3.8) is 0 Å². The van der Waals surface area contributed by atoms with Crippen LogP contribution in [0.4, 0.5) is 5.69 Å². The Morgan fingerprint density at radius 3 is 2.31 bits per heavy atom. The normalized spacial score (nSPS) is 15.5. The number of rotatable bonds is 4. The van der Waals surface area contributed by atoms with Gasteiger partial charge in [-0.1, -0.05) is 30.0 Å². The van der Waals surface area contributed by atoms with Gasteiger partial charge in [-0.3, -0.25) is 14.7 Å². The monoisotopic (exact) mass is 384 g/mol. The van der Waals surface area contributed by atoms with Gasteiger partial charge in [-0.25, -0.2) is 0 Å². The van der Waals surface area contributed by atoms with Crippen LogP contribution in [0.25, 0.3) is 6.08 Å². The number of carbonyl (C=O) groups excluding carboxylic acids is 3. The van der Waals surface area contributed by atoms with Gasteiger partial charge in [-0.15, -0.1) is 0 Å². The van der Waals surface area contributed by atoms with E-state index in [0.717, 1.165) is 34.9 Å². The molecule has 2 heterocycles. The molecule has 1 aliphatic rings. The lowest BCUT2D eigenvalue weighted by atomic mass is 10.1. The summed E-state index contributed by atoms with van der Waals surface area (Å²) in [6.45, 7) is 0. The predicted octanol–water partition coefficient (Wildman–Crippen LogP) is 0.214. The zero-order chi connectivity index (χ0) is 18.8. The SMILES string of the molecule is O=C([O-])c1cc(C(=O)[O-])cc(N2C(=O)/C(=C\c3ccccn3)SC2=S)c1. The van der Waals surface area contributed by atoms with E-state index in [1.165, 1.54) is 0 Å². The quantitative estimate of drug-likeness (QED) is 0.543. The highest BCUT2D eigenvalue weighted by atomic mass is 32.2. The maximum Gasteiger partial charge on any atom is 0.270 e. The van der Waals surface area contributed by atoms with Crippen LogP contribution in [0.1, 0.15) is 26.4 Å². The second kappa shape index (κ2) is 7.06. The van der Waals surface area contributed by atoms with Crippen LogP contribution in [-0.4, -0.2) is 27.2 Å². The number of benzene rings is 1. The predicted molar refractivity (Wildman–Crippen MR) is 95.0 cm³/mol. The standard InChI is InChI=1S/C17H10N2O5S2/c20-14-13(8-11-3-1-2-4-18-11)26-17(25)19(14)12-6-9(15(21)22)5-10(7-12)16(23)24/h1-8H,(H,21,22)(H,23,24)/p-2/b13-8+. The molecule has 0 unspecified atom stereocenters. The molecule has 9 heteroatoms. The zero-order valence-electron chi connectivity index (χ0n) is 12.9. The summed E-state index contributed by atoms with van der Waals surface area (Å²) in [7, 11) is 0. The second-order valence-corrected chi connectivity index (χ2v) is 6.79. The highest BCUT2D eigenvalue weighted by Gasteiger charge is 2.33. The number of hydrogen-bond donors (Lipinski definition) is 0. The molecule has 0 radical (unpaired) electrons. The van der Waals surface area contributed by atoms with Crippen LogP contribution in [0.2, 0.25) is 0 Å². The first kappa shape index (κ1) is 17.8. The number of thiocarbonyl (C=S) groups is 1. The van der Waals surface area contributed by atoms with Gasteiger partial charge >= 0.3 is 0 Å². The highest BCUT2D eigenvalue weighted by Crippen LogP contribution is 2.36. The summed E-state index contributed by atoms with van der Waals surface area (Å²) in [5.74, 6) is -3.67. The molecule has 0 aliphatic carbocycles. The molecule has 1 fully saturated rings. The molecule has 2 aromatic rings. The van der Waals surface area contributed by atoms with Crippen molar-refractivity contribution in [1.82, 2.24) is 4.98 Å². The number of anilines is 1. The average Bonchev–Trinajstić information content (AvgIpc) is 2.89. The molecule has 1 saturated heterocycles. The summed E-state index contributed by atoms with van der Waals surface area (Å²) in [6.07, 6.45) is 3.11. The van der Waals surface area contributed by atoms with Crippen molar-refractivity contribution in [2.75, 3.05) is 4.90 Å². The van der Waals surface area contributed by atoms with E-state index in [0.29, 0.717) is 5.69 Å². The topological polar surface area (TPSA) is 113 Å². The first-order valence-corrected chi connectivity index (χ1v) is 8.36. The minimum atomic E-state index is -1.58. The third-order valence-electron chi connectivity index (χ3n) is 3.41. The van der Waals surface area contributed by atoms with Crippen molar-refractivity contribution in [1.29, 1.82) is 0 Å². The summed E-state index contributed by atoms with van der Waals surface area (Å²) in [4.78, 5) is 40.4. The Morgan fingerprint density at radius 1 is 1.12 bits per heavy atom. The number of pyridine rings is 1. The molecule has 0 atom stereocenters. The van der Waals surface area contributed by atoms with Gasteiger partial charge in [-0.2, -0.15) is 0 Å². The molecule has 0 spiro atoms. The lowest BCUT2D eigenvalue weighted by Gasteiger charge is -2.18. The van der Waals surface area contributed by atoms with Crippen molar-refractivity contribution in [3.8, 4) is 0 Å². The Labute approximate surface area is 157 Å². The zero-order valence-corrected chi connectivity index (χ0v) is 14.5. The first-order chi connectivity index (χ1) is 12.4. The van der Waals surface area contributed by atoms with E-state index < -0.39 is 29.0 Å². The molecule has 0 N–H and O–H groups in total. The maximum atomic E-state index is 12.7. The highest BCUT2D eigenvalue weighted by molar-refractivity contribution is 8.27. The molecule has 0 saturated carbocycles. The van der Waals surface area contributed by atoms with E-state index >= 15 is 0 Å². The van der Waals surface area contributed by atoms with Crippen LogP contribution in [-0.2, 0) is 4.79 Å². The number of nitrogens with zero attached hydrogens (tertiary/aromatic N) is 2. The Bertz CT molecular complexity index is 940.